The summed E-state index contributed by atoms with van der Waals surface area (Å²) in [5, 5.41) is 6.61. The van der Waals surface area contributed by atoms with Gasteiger partial charge >= 0.3 is 0 Å². The molecule has 2 atom stereocenters. The molecule has 0 aromatic heterocycles. The molecule has 7 nitrogen and oxygen atoms in total. The lowest BCUT2D eigenvalue weighted by Crippen LogP contribution is -2.68. The first-order valence-corrected chi connectivity index (χ1v) is 9.84. The molecule has 2 aliphatic carbocycles. The van der Waals surface area contributed by atoms with E-state index in [1.807, 2.05) is 6.92 Å². The van der Waals surface area contributed by atoms with E-state index in [0.717, 1.165) is 25.2 Å². The first-order chi connectivity index (χ1) is 10.4. The highest BCUT2D eigenvalue weighted by Crippen LogP contribution is 2.57. The van der Waals surface area contributed by atoms with Gasteiger partial charge in [0.25, 0.3) is 0 Å². The Morgan fingerprint density at radius 3 is 2.59 bits per heavy atom. The number of rotatable bonds is 7. The van der Waals surface area contributed by atoms with Crippen LogP contribution in [0.5, 0.6) is 0 Å². The Morgan fingerprint density at radius 2 is 2.09 bits per heavy atom. The highest BCUT2D eigenvalue weighted by atomic mass is 32.2. The van der Waals surface area contributed by atoms with Gasteiger partial charge in [-0.3, -0.25) is 4.99 Å². The number of ether oxygens (including phenoxy) is 1. The van der Waals surface area contributed by atoms with E-state index in [0.29, 0.717) is 25.2 Å². The zero-order valence-electron chi connectivity index (χ0n) is 13.7. The fourth-order valence-electron chi connectivity index (χ4n) is 3.42. The third-order valence-electron chi connectivity index (χ3n) is 4.75. The Kier molecular flexibility index (Phi) is 5.68. The van der Waals surface area contributed by atoms with Crippen LogP contribution in [-0.2, 0) is 14.8 Å². The number of aliphatic imine (C=N–C) groups is 1. The lowest BCUT2D eigenvalue weighted by Gasteiger charge is -2.61. The summed E-state index contributed by atoms with van der Waals surface area (Å²) in [5.41, 5.74) is 0.276. The Bertz CT molecular complexity index is 502. The quantitative estimate of drug-likeness (QED) is 0.348. The van der Waals surface area contributed by atoms with Gasteiger partial charge in [0, 0.05) is 38.2 Å². The van der Waals surface area contributed by atoms with Crippen molar-refractivity contribution in [3.05, 3.63) is 0 Å². The third kappa shape index (κ3) is 3.91. The fraction of sp³-hybridized carbons (Fsp3) is 0.929. The second-order valence-electron chi connectivity index (χ2n) is 6.13. The first-order valence-electron chi connectivity index (χ1n) is 7.94. The SMILES string of the molecule is CCOC1CC(NC(=NC)NCCNS(C)(=O)=O)C12CCC2. The fourth-order valence-corrected chi connectivity index (χ4v) is 3.89. The van der Waals surface area contributed by atoms with Gasteiger partial charge < -0.3 is 15.4 Å². The minimum atomic E-state index is -3.14. The van der Waals surface area contributed by atoms with Crippen LogP contribution in [0.4, 0.5) is 0 Å². The summed E-state index contributed by atoms with van der Waals surface area (Å²) in [4.78, 5) is 4.22. The van der Waals surface area contributed by atoms with E-state index in [9.17, 15) is 8.42 Å². The van der Waals surface area contributed by atoms with Crippen LogP contribution < -0.4 is 15.4 Å². The summed E-state index contributed by atoms with van der Waals surface area (Å²) < 4.78 is 30.3. The van der Waals surface area contributed by atoms with Crippen molar-refractivity contribution in [2.75, 3.05) is 33.0 Å². The zero-order chi connectivity index (χ0) is 16.2. The normalized spacial score (nSPS) is 27.1. The number of nitrogens with one attached hydrogen (secondary N) is 3. The zero-order valence-corrected chi connectivity index (χ0v) is 14.5. The van der Waals surface area contributed by atoms with Gasteiger partial charge in [0.05, 0.1) is 12.4 Å². The highest BCUT2D eigenvalue weighted by Gasteiger charge is 2.59. The van der Waals surface area contributed by atoms with Crippen molar-refractivity contribution in [1.29, 1.82) is 0 Å². The molecule has 0 radical (unpaired) electrons. The smallest absolute Gasteiger partial charge is 0.208 e. The molecule has 0 aliphatic heterocycles. The first kappa shape index (κ1) is 17.5. The van der Waals surface area contributed by atoms with Crippen molar-refractivity contribution in [2.45, 2.75) is 44.8 Å². The van der Waals surface area contributed by atoms with Crippen molar-refractivity contribution < 1.29 is 13.2 Å². The molecule has 22 heavy (non-hydrogen) atoms. The van der Waals surface area contributed by atoms with Crippen LogP contribution >= 0.6 is 0 Å². The Morgan fingerprint density at radius 1 is 1.36 bits per heavy atom. The van der Waals surface area contributed by atoms with Gasteiger partial charge in [-0.05, 0) is 26.2 Å². The van der Waals surface area contributed by atoms with Gasteiger partial charge in [0.2, 0.25) is 10.0 Å². The summed E-state index contributed by atoms with van der Waals surface area (Å²) in [7, 11) is -1.41. The van der Waals surface area contributed by atoms with Crippen molar-refractivity contribution in [3.63, 3.8) is 0 Å². The maximum Gasteiger partial charge on any atom is 0.208 e. The summed E-state index contributed by atoms with van der Waals surface area (Å²) >= 11 is 0. The van der Waals surface area contributed by atoms with Gasteiger partial charge in [0.15, 0.2) is 5.96 Å². The number of nitrogens with zero attached hydrogens (tertiary/aromatic N) is 1. The minimum absolute atomic E-state index is 0.276. The minimum Gasteiger partial charge on any atom is -0.378 e. The Labute approximate surface area is 133 Å². The lowest BCUT2D eigenvalue weighted by molar-refractivity contribution is -0.168. The van der Waals surface area contributed by atoms with E-state index >= 15 is 0 Å². The van der Waals surface area contributed by atoms with Gasteiger partial charge in [-0.25, -0.2) is 13.1 Å². The molecule has 0 aromatic carbocycles. The van der Waals surface area contributed by atoms with Crippen LogP contribution in [0.15, 0.2) is 4.99 Å². The monoisotopic (exact) mass is 332 g/mol. The maximum atomic E-state index is 11.0. The van der Waals surface area contributed by atoms with Crippen molar-refractivity contribution in [2.24, 2.45) is 10.4 Å². The number of guanidine groups is 1. The Balaban J connectivity index is 1.77. The molecule has 2 unspecified atom stereocenters. The van der Waals surface area contributed by atoms with Crippen molar-refractivity contribution in [3.8, 4) is 0 Å². The van der Waals surface area contributed by atoms with E-state index in [2.05, 4.69) is 20.3 Å². The average Bonchev–Trinajstić information content (AvgIpc) is 2.37. The standard InChI is InChI=1S/C14H28N4O3S/c1-4-21-12-10-11(14(12)6-5-7-14)18-13(15-2)16-8-9-17-22(3,19)20/h11-12,17H,4-10H2,1-3H3,(H2,15,16,18). The summed E-state index contributed by atoms with van der Waals surface area (Å²) in [5.74, 6) is 0.724. The van der Waals surface area contributed by atoms with Crippen LogP contribution in [0.1, 0.15) is 32.6 Å². The van der Waals surface area contributed by atoms with E-state index in [1.54, 1.807) is 7.05 Å². The van der Waals surface area contributed by atoms with E-state index in [-0.39, 0.29) is 5.41 Å². The van der Waals surface area contributed by atoms with Crippen LogP contribution in [0, 0.1) is 5.41 Å². The van der Waals surface area contributed by atoms with Crippen LogP contribution in [0.25, 0.3) is 0 Å². The summed E-state index contributed by atoms with van der Waals surface area (Å²) in [6.07, 6.45) is 6.23. The maximum absolute atomic E-state index is 11.0. The average molecular weight is 332 g/mol. The van der Waals surface area contributed by atoms with Crippen LogP contribution in [0.3, 0.4) is 0 Å². The lowest BCUT2D eigenvalue weighted by atomic mass is 9.51. The third-order valence-corrected chi connectivity index (χ3v) is 5.48. The molecule has 2 aliphatic rings. The molecule has 128 valence electrons. The largest absolute Gasteiger partial charge is 0.378 e. The molecule has 0 aromatic rings. The van der Waals surface area contributed by atoms with Crippen LogP contribution in [0.2, 0.25) is 0 Å². The molecule has 3 N–H and O–H groups in total. The van der Waals surface area contributed by atoms with Crippen LogP contribution in [-0.4, -0.2) is 59.5 Å². The molecule has 0 heterocycles. The molecule has 2 fully saturated rings. The van der Waals surface area contributed by atoms with E-state index < -0.39 is 10.0 Å². The molecule has 8 heteroatoms. The number of sulfonamides is 1. The summed E-state index contributed by atoms with van der Waals surface area (Å²) in [6.45, 7) is 3.66. The van der Waals surface area contributed by atoms with Gasteiger partial charge in [-0.1, -0.05) is 6.42 Å². The van der Waals surface area contributed by atoms with E-state index in [4.69, 9.17) is 4.74 Å². The van der Waals surface area contributed by atoms with Gasteiger partial charge in [-0.2, -0.15) is 0 Å². The topological polar surface area (TPSA) is 91.8 Å². The molecule has 2 saturated carbocycles. The van der Waals surface area contributed by atoms with Crippen molar-refractivity contribution in [1.82, 2.24) is 15.4 Å². The van der Waals surface area contributed by atoms with E-state index in [1.165, 1.54) is 19.3 Å². The predicted octanol–water partition coefficient (Wildman–Crippen LogP) is 0.0483. The van der Waals surface area contributed by atoms with Gasteiger partial charge in [0.1, 0.15) is 0 Å². The second kappa shape index (κ2) is 7.14. The molecule has 0 amide bonds. The molecule has 0 saturated heterocycles. The van der Waals surface area contributed by atoms with Gasteiger partial charge in [-0.15, -0.1) is 0 Å². The summed E-state index contributed by atoms with van der Waals surface area (Å²) in [6, 6.07) is 0.395. The second-order valence-corrected chi connectivity index (χ2v) is 7.96. The van der Waals surface area contributed by atoms with Crippen molar-refractivity contribution >= 4 is 16.0 Å². The Hall–Kier alpha value is -0.860. The molecular formula is C14H28N4O3S. The highest BCUT2D eigenvalue weighted by molar-refractivity contribution is 7.88. The molecule has 1 spiro atoms. The molecular weight excluding hydrogens is 304 g/mol. The number of hydrogen-bond donors (Lipinski definition) is 3. The number of hydrogen-bond acceptors (Lipinski definition) is 4. The molecule has 0 bridgehead atoms. The molecule has 2 rings (SSSR count). The predicted molar refractivity (Wildman–Crippen MR) is 87.4 cm³/mol.